The van der Waals surface area contributed by atoms with Gasteiger partial charge in [-0.05, 0) is 43.0 Å². The molecule has 3 rings (SSSR count). The Morgan fingerprint density at radius 1 is 0.846 bits per heavy atom. The SMILES string of the molecule is CC(CN1CCCCCCC1)C(C#N)(c1ccccc1)c1ccccc1. The van der Waals surface area contributed by atoms with Crippen molar-refractivity contribution in [2.24, 2.45) is 5.92 Å². The van der Waals surface area contributed by atoms with Crippen molar-refractivity contribution in [3.8, 4) is 6.07 Å². The largest absolute Gasteiger partial charge is 0.303 e. The van der Waals surface area contributed by atoms with Crippen molar-refractivity contribution < 1.29 is 0 Å². The van der Waals surface area contributed by atoms with Gasteiger partial charge in [0.15, 0.2) is 0 Å². The number of hydrogen-bond donors (Lipinski definition) is 0. The first-order valence-corrected chi connectivity index (χ1v) is 10.0. The Bertz CT molecular complexity index is 654. The van der Waals surface area contributed by atoms with Crippen LogP contribution in [0.1, 0.15) is 50.2 Å². The van der Waals surface area contributed by atoms with Crippen LogP contribution in [0.4, 0.5) is 0 Å². The standard InChI is InChI=1S/C24H30N2/c1-21(19-26-17-11-3-2-4-12-18-26)24(20-25,22-13-7-5-8-14-22)23-15-9-6-10-16-23/h5-10,13-16,21H,2-4,11-12,17-19H2,1H3. The second-order valence-electron chi connectivity index (χ2n) is 7.62. The molecule has 26 heavy (non-hydrogen) atoms. The average molecular weight is 347 g/mol. The minimum absolute atomic E-state index is 0.219. The third-order valence-electron chi connectivity index (χ3n) is 5.85. The molecule has 136 valence electrons. The molecule has 0 aliphatic carbocycles. The van der Waals surface area contributed by atoms with Gasteiger partial charge in [0.2, 0.25) is 0 Å². The van der Waals surface area contributed by atoms with E-state index in [4.69, 9.17) is 0 Å². The molecule has 2 heteroatoms. The molecule has 2 aromatic carbocycles. The van der Waals surface area contributed by atoms with Gasteiger partial charge >= 0.3 is 0 Å². The highest BCUT2D eigenvalue weighted by atomic mass is 15.1. The maximum absolute atomic E-state index is 10.4. The van der Waals surface area contributed by atoms with Gasteiger partial charge in [-0.2, -0.15) is 5.26 Å². The molecule has 0 aromatic heterocycles. The zero-order valence-corrected chi connectivity index (χ0v) is 15.9. The van der Waals surface area contributed by atoms with E-state index in [1.54, 1.807) is 0 Å². The van der Waals surface area contributed by atoms with Gasteiger partial charge < -0.3 is 4.90 Å². The van der Waals surface area contributed by atoms with Crippen LogP contribution in [0, 0.1) is 17.2 Å². The fourth-order valence-corrected chi connectivity index (χ4v) is 4.40. The Labute approximate surface area is 158 Å². The Hall–Kier alpha value is -2.11. The van der Waals surface area contributed by atoms with Crippen LogP contribution in [-0.2, 0) is 5.41 Å². The molecule has 2 aromatic rings. The van der Waals surface area contributed by atoms with Gasteiger partial charge in [0.1, 0.15) is 5.41 Å². The fourth-order valence-electron chi connectivity index (χ4n) is 4.40. The van der Waals surface area contributed by atoms with Crippen molar-refractivity contribution >= 4 is 0 Å². The molecule has 1 aliphatic heterocycles. The summed E-state index contributed by atoms with van der Waals surface area (Å²) >= 11 is 0. The first-order chi connectivity index (χ1) is 12.8. The summed E-state index contributed by atoms with van der Waals surface area (Å²) in [6, 6.07) is 23.4. The van der Waals surface area contributed by atoms with Crippen molar-refractivity contribution in [3.05, 3.63) is 71.8 Å². The first-order valence-electron chi connectivity index (χ1n) is 10.0. The van der Waals surface area contributed by atoms with E-state index in [0.29, 0.717) is 0 Å². The Balaban J connectivity index is 1.93. The van der Waals surface area contributed by atoms with Crippen LogP contribution in [0.2, 0.25) is 0 Å². The highest BCUT2D eigenvalue weighted by Crippen LogP contribution is 2.39. The number of hydrogen-bond acceptors (Lipinski definition) is 2. The van der Waals surface area contributed by atoms with Crippen LogP contribution in [0.3, 0.4) is 0 Å². The van der Waals surface area contributed by atoms with Gasteiger partial charge in [0.25, 0.3) is 0 Å². The molecule has 1 saturated heterocycles. The van der Waals surface area contributed by atoms with E-state index in [-0.39, 0.29) is 5.92 Å². The molecule has 0 spiro atoms. The highest BCUT2D eigenvalue weighted by molar-refractivity contribution is 5.46. The molecule has 0 radical (unpaired) electrons. The molecular formula is C24H30N2. The predicted octanol–water partition coefficient (Wildman–Crippen LogP) is 5.40. The minimum Gasteiger partial charge on any atom is -0.303 e. The van der Waals surface area contributed by atoms with Crippen LogP contribution in [0.15, 0.2) is 60.7 Å². The molecule has 1 heterocycles. The third kappa shape index (κ3) is 4.00. The topological polar surface area (TPSA) is 27.0 Å². The zero-order chi connectivity index (χ0) is 18.2. The molecule has 1 fully saturated rings. The Morgan fingerprint density at radius 2 is 1.31 bits per heavy atom. The molecule has 1 atom stereocenters. The quantitative estimate of drug-likeness (QED) is 0.725. The number of benzene rings is 2. The molecule has 0 N–H and O–H groups in total. The molecule has 2 nitrogen and oxygen atoms in total. The highest BCUT2D eigenvalue weighted by Gasteiger charge is 2.40. The smallest absolute Gasteiger partial charge is 0.111 e. The van der Waals surface area contributed by atoms with E-state index in [9.17, 15) is 5.26 Å². The Kier molecular flexibility index (Phi) is 6.47. The summed E-state index contributed by atoms with van der Waals surface area (Å²) in [4.78, 5) is 2.59. The molecule has 1 aliphatic rings. The van der Waals surface area contributed by atoms with Crippen molar-refractivity contribution in [3.63, 3.8) is 0 Å². The van der Waals surface area contributed by atoms with E-state index in [2.05, 4.69) is 42.2 Å². The van der Waals surface area contributed by atoms with Gasteiger partial charge in [-0.1, -0.05) is 86.8 Å². The average Bonchev–Trinajstić information content (AvgIpc) is 2.67. The molecule has 1 unspecified atom stereocenters. The maximum Gasteiger partial charge on any atom is 0.111 e. The van der Waals surface area contributed by atoms with Crippen molar-refractivity contribution in [1.29, 1.82) is 5.26 Å². The summed E-state index contributed by atoms with van der Waals surface area (Å²) in [6.07, 6.45) is 6.61. The lowest BCUT2D eigenvalue weighted by atomic mass is 9.67. The van der Waals surface area contributed by atoms with Crippen molar-refractivity contribution in [2.45, 2.75) is 44.4 Å². The molecule has 0 saturated carbocycles. The maximum atomic E-state index is 10.4. The molecular weight excluding hydrogens is 316 g/mol. The van der Waals surface area contributed by atoms with Crippen molar-refractivity contribution in [2.75, 3.05) is 19.6 Å². The van der Waals surface area contributed by atoms with Crippen LogP contribution in [0.5, 0.6) is 0 Å². The predicted molar refractivity (Wildman–Crippen MR) is 108 cm³/mol. The van der Waals surface area contributed by atoms with Crippen LogP contribution >= 0.6 is 0 Å². The summed E-state index contributed by atoms with van der Waals surface area (Å²) in [6.45, 7) is 5.55. The van der Waals surface area contributed by atoms with Gasteiger partial charge in [0.05, 0.1) is 6.07 Å². The Morgan fingerprint density at radius 3 is 1.77 bits per heavy atom. The van der Waals surface area contributed by atoms with E-state index in [0.717, 1.165) is 30.8 Å². The van der Waals surface area contributed by atoms with Gasteiger partial charge in [-0.3, -0.25) is 0 Å². The van der Waals surface area contributed by atoms with Crippen LogP contribution < -0.4 is 0 Å². The number of nitrogens with zero attached hydrogens (tertiary/aromatic N) is 2. The summed E-state index contributed by atoms with van der Waals surface area (Å²) in [5.41, 5.74) is 1.60. The summed E-state index contributed by atoms with van der Waals surface area (Å²) in [7, 11) is 0. The first kappa shape index (κ1) is 18.7. The number of rotatable bonds is 5. The lowest BCUT2D eigenvalue weighted by molar-refractivity contribution is 0.197. The molecule has 0 amide bonds. The van der Waals surface area contributed by atoms with Crippen LogP contribution in [-0.4, -0.2) is 24.5 Å². The number of likely N-dealkylation sites (tertiary alicyclic amines) is 1. The van der Waals surface area contributed by atoms with Crippen molar-refractivity contribution in [1.82, 2.24) is 4.90 Å². The fraction of sp³-hybridized carbons (Fsp3) is 0.458. The normalized spacial score (nSPS) is 17.7. The zero-order valence-electron chi connectivity index (χ0n) is 15.9. The minimum atomic E-state index is -0.606. The van der Waals surface area contributed by atoms with Crippen LogP contribution in [0.25, 0.3) is 0 Å². The number of nitriles is 1. The lowest BCUT2D eigenvalue weighted by Gasteiger charge is -2.37. The van der Waals surface area contributed by atoms with E-state index < -0.39 is 5.41 Å². The van der Waals surface area contributed by atoms with E-state index in [1.807, 2.05) is 36.4 Å². The van der Waals surface area contributed by atoms with E-state index >= 15 is 0 Å². The summed E-state index contributed by atoms with van der Waals surface area (Å²) in [5, 5.41) is 10.4. The molecule has 0 bridgehead atoms. The monoisotopic (exact) mass is 346 g/mol. The summed E-state index contributed by atoms with van der Waals surface area (Å²) < 4.78 is 0. The van der Waals surface area contributed by atoms with Gasteiger partial charge in [-0.25, -0.2) is 0 Å². The third-order valence-corrected chi connectivity index (χ3v) is 5.85. The summed E-state index contributed by atoms with van der Waals surface area (Å²) in [5.74, 6) is 0.219. The second kappa shape index (κ2) is 9.01. The van der Waals surface area contributed by atoms with E-state index in [1.165, 1.54) is 32.1 Å². The lowest BCUT2D eigenvalue weighted by Crippen LogP contribution is -2.42. The van der Waals surface area contributed by atoms with Gasteiger partial charge in [-0.15, -0.1) is 0 Å². The second-order valence-corrected chi connectivity index (χ2v) is 7.62. The van der Waals surface area contributed by atoms with Gasteiger partial charge in [0, 0.05) is 6.54 Å².